The molecule has 0 saturated heterocycles. The van der Waals surface area contributed by atoms with Gasteiger partial charge in [0.25, 0.3) is 0 Å². The largest absolute Gasteiger partial charge is 0.612 e. The molecule has 1 aromatic heterocycles. The van der Waals surface area contributed by atoms with Gasteiger partial charge in [-0.25, -0.2) is 4.79 Å². The van der Waals surface area contributed by atoms with Crippen molar-refractivity contribution in [2.75, 3.05) is 6.79 Å². The Balaban J connectivity index is 1.39. The van der Waals surface area contributed by atoms with Crippen LogP contribution in [-0.2, 0) is 0 Å². The molecule has 160 valence electrons. The molecule has 0 saturated carbocycles. The van der Waals surface area contributed by atoms with Crippen LogP contribution in [0, 0.1) is 10.4 Å². The van der Waals surface area contributed by atoms with Crippen molar-refractivity contribution in [3.63, 3.8) is 0 Å². The molecule has 0 spiro atoms. The monoisotopic (exact) mass is 432 g/mol. The molecule has 5 rings (SSSR count). The van der Waals surface area contributed by atoms with Crippen molar-refractivity contribution < 1.29 is 33.4 Å². The number of furan rings is 1. The summed E-state index contributed by atoms with van der Waals surface area (Å²) in [6.07, 6.45) is 7.36. The first kappa shape index (κ1) is 19.3. The fourth-order valence-electron chi connectivity index (χ4n) is 3.28. The van der Waals surface area contributed by atoms with E-state index in [1.165, 1.54) is 24.3 Å². The van der Waals surface area contributed by atoms with Crippen molar-refractivity contribution in [2.45, 2.75) is 0 Å². The molecule has 3 aromatic rings. The Kier molecular flexibility index (Phi) is 4.55. The minimum atomic E-state index is -0.587. The molecule has 0 unspecified atom stereocenters. The second kappa shape index (κ2) is 7.55. The van der Waals surface area contributed by atoms with Crippen LogP contribution in [0.4, 0.5) is 0 Å². The summed E-state index contributed by atoms with van der Waals surface area (Å²) in [6, 6.07) is 9.35. The summed E-state index contributed by atoms with van der Waals surface area (Å²) >= 11 is 0. The topological polar surface area (TPSA) is 127 Å². The Hall–Kier alpha value is -4.66. The first-order chi connectivity index (χ1) is 15.5. The normalized spacial score (nSPS) is 14.1. The van der Waals surface area contributed by atoms with Crippen molar-refractivity contribution in [3.8, 4) is 23.0 Å². The van der Waals surface area contributed by atoms with Crippen LogP contribution in [0.3, 0.4) is 0 Å². The Morgan fingerprint density at radius 2 is 1.81 bits per heavy atom. The van der Waals surface area contributed by atoms with E-state index in [1.54, 1.807) is 42.5 Å². The van der Waals surface area contributed by atoms with Crippen LogP contribution in [0.15, 0.2) is 70.7 Å². The van der Waals surface area contributed by atoms with Gasteiger partial charge in [-0.3, -0.25) is 0 Å². The number of rotatable bonds is 3. The zero-order valence-electron chi connectivity index (χ0n) is 16.3. The van der Waals surface area contributed by atoms with Gasteiger partial charge in [-0.2, -0.15) is 4.90 Å². The fourth-order valence-corrected chi connectivity index (χ4v) is 3.28. The molecule has 0 bridgehead atoms. The Morgan fingerprint density at radius 3 is 2.59 bits per heavy atom. The van der Waals surface area contributed by atoms with Gasteiger partial charge in [0.15, 0.2) is 23.0 Å². The molecule has 0 fully saturated rings. The van der Waals surface area contributed by atoms with E-state index in [9.17, 15) is 20.3 Å². The smallest absolute Gasteiger partial charge is 0.343 e. The van der Waals surface area contributed by atoms with Gasteiger partial charge in [-0.15, -0.1) is 0 Å². The molecule has 9 heteroatoms. The number of benzene rings is 2. The first-order valence-corrected chi connectivity index (χ1v) is 9.44. The third-order valence-corrected chi connectivity index (χ3v) is 4.88. The second-order valence-electron chi connectivity index (χ2n) is 6.92. The number of ether oxygens (including phenoxy) is 3. The molecule has 32 heavy (non-hydrogen) atoms. The molecular formula is C23H14NO8-. The van der Waals surface area contributed by atoms with Crippen molar-refractivity contribution >= 4 is 28.7 Å². The van der Waals surface area contributed by atoms with E-state index in [4.69, 9.17) is 18.6 Å². The van der Waals surface area contributed by atoms with E-state index in [2.05, 4.69) is 0 Å². The van der Waals surface area contributed by atoms with E-state index in [-0.39, 0.29) is 29.8 Å². The van der Waals surface area contributed by atoms with Crippen molar-refractivity contribution in [2.24, 2.45) is 0 Å². The predicted molar refractivity (Wildman–Crippen MR) is 114 cm³/mol. The number of hydrogen-bond acceptors (Lipinski definition) is 8. The lowest BCUT2D eigenvalue weighted by molar-refractivity contribution is -0.377. The van der Waals surface area contributed by atoms with Gasteiger partial charge >= 0.3 is 5.97 Å². The highest BCUT2D eigenvalue weighted by molar-refractivity contribution is 6.03. The number of allylic oxidation sites excluding steroid dienone is 5. The number of nitrogens with zero attached hydrogens (tertiary/aromatic N) is 1. The van der Waals surface area contributed by atoms with Gasteiger partial charge in [-0.1, -0.05) is 0 Å². The summed E-state index contributed by atoms with van der Waals surface area (Å²) in [7, 11) is 0. The highest BCUT2D eigenvalue weighted by atomic mass is 16.8. The second-order valence-corrected chi connectivity index (χ2v) is 6.92. The average Bonchev–Trinajstić information content (AvgIpc) is 3.38. The average molecular weight is 432 g/mol. The van der Waals surface area contributed by atoms with Crippen LogP contribution in [0.25, 0.3) is 17.0 Å². The van der Waals surface area contributed by atoms with Gasteiger partial charge in [0, 0.05) is 18.2 Å². The van der Waals surface area contributed by atoms with Crippen LogP contribution in [0.5, 0.6) is 23.0 Å². The molecule has 1 N–H and O–H groups in total. The number of carbonyl (C=O) groups is 1. The van der Waals surface area contributed by atoms with Gasteiger partial charge in [-0.05, 0) is 54.1 Å². The van der Waals surface area contributed by atoms with Gasteiger partial charge < -0.3 is 34.1 Å². The summed E-state index contributed by atoms with van der Waals surface area (Å²) in [5.74, 6) is 0.759. The lowest BCUT2D eigenvalue weighted by Crippen LogP contribution is -2.08. The van der Waals surface area contributed by atoms with Crippen LogP contribution in [0.1, 0.15) is 16.1 Å². The van der Waals surface area contributed by atoms with Crippen molar-refractivity contribution in [1.29, 1.82) is 0 Å². The molecule has 0 radical (unpaired) electrons. The summed E-state index contributed by atoms with van der Waals surface area (Å²) in [5.41, 5.74) is 1.18. The molecule has 0 amide bonds. The number of carbonyl (C=O) groups excluding carboxylic acids is 1. The third kappa shape index (κ3) is 3.52. The quantitative estimate of drug-likeness (QED) is 0.284. The zero-order valence-corrected chi connectivity index (χ0v) is 16.3. The van der Waals surface area contributed by atoms with E-state index < -0.39 is 10.9 Å². The van der Waals surface area contributed by atoms with Crippen LogP contribution >= 0.6 is 0 Å². The Morgan fingerprint density at radius 1 is 1.03 bits per heavy atom. The van der Waals surface area contributed by atoms with Gasteiger partial charge in [0.05, 0.1) is 10.9 Å². The maximum Gasteiger partial charge on any atom is 0.343 e. The predicted octanol–water partition coefficient (Wildman–Crippen LogP) is 4.04. The molecule has 2 aliphatic rings. The number of aromatic hydroxyl groups is 1. The molecule has 0 atom stereocenters. The van der Waals surface area contributed by atoms with E-state index in [0.717, 1.165) is 0 Å². The van der Waals surface area contributed by atoms with E-state index >= 15 is 0 Å². The maximum absolute atomic E-state index is 12.5. The fraction of sp³-hybridized carbons (Fsp3) is 0.0435. The van der Waals surface area contributed by atoms with Gasteiger partial charge in [0.1, 0.15) is 11.3 Å². The summed E-state index contributed by atoms with van der Waals surface area (Å²) in [5, 5.41) is 32.5. The Labute approximate surface area is 180 Å². The number of hydrogen-bond donors (Lipinski definition) is 1. The summed E-state index contributed by atoms with van der Waals surface area (Å²) < 4.78 is 21.6. The molecule has 9 nitrogen and oxygen atoms in total. The third-order valence-electron chi connectivity index (χ3n) is 4.88. The minimum Gasteiger partial charge on any atom is -0.612 e. The van der Waals surface area contributed by atoms with Crippen LogP contribution < -0.4 is 14.2 Å². The van der Waals surface area contributed by atoms with E-state index in [0.29, 0.717) is 33.6 Å². The van der Waals surface area contributed by atoms with E-state index in [1.807, 2.05) is 0 Å². The lowest BCUT2D eigenvalue weighted by Gasteiger charge is -2.07. The van der Waals surface area contributed by atoms with Gasteiger partial charge in [0.2, 0.25) is 12.5 Å². The molecule has 2 heterocycles. The molecule has 1 aliphatic heterocycles. The molecule has 2 aromatic carbocycles. The number of fused-ring (bicyclic) bond motifs is 2. The lowest BCUT2D eigenvalue weighted by atomic mass is 10.1. The van der Waals surface area contributed by atoms with Crippen molar-refractivity contribution in [1.82, 2.24) is 0 Å². The molecule has 1 aliphatic carbocycles. The van der Waals surface area contributed by atoms with Crippen molar-refractivity contribution in [3.05, 3.63) is 88.0 Å². The highest BCUT2D eigenvalue weighted by Gasteiger charge is 2.19. The van der Waals surface area contributed by atoms with Crippen LogP contribution in [-0.4, -0.2) is 28.5 Å². The SMILES string of the molecule is O=C(Oc1ccc2c(O)c(C=C3C=CC(=[N+]([O-])[O-])C=C3)oc2c1)c1ccc2c(c1)OCO2. The standard InChI is InChI=1S/C23H14NO8/c25-22-17-7-6-16(31-23(26)14-3-8-18-20(10-14)30-12-29-18)11-19(17)32-21(22)9-13-1-4-15(5-2-13)24(27)28/h1-11H,12H2,(H-,25,27,28)/q-1. The Bertz CT molecular complexity index is 1350. The first-order valence-electron chi connectivity index (χ1n) is 9.44. The maximum atomic E-state index is 12.5. The highest BCUT2D eigenvalue weighted by Crippen LogP contribution is 2.36. The number of esters is 1. The summed E-state index contributed by atoms with van der Waals surface area (Å²) in [6.45, 7) is 0.103. The minimum absolute atomic E-state index is 0.0371. The van der Waals surface area contributed by atoms with Crippen LogP contribution in [0.2, 0.25) is 0 Å². The summed E-state index contributed by atoms with van der Waals surface area (Å²) in [4.78, 5) is 12.0. The molecular weight excluding hydrogens is 418 g/mol. The zero-order chi connectivity index (χ0) is 22.2.